The van der Waals surface area contributed by atoms with Gasteiger partial charge in [0, 0.05) is 22.1 Å². The van der Waals surface area contributed by atoms with Crippen LogP contribution in [0, 0.1) is 0 Å². The van der Waals surface area contributed by atoms with Gasteiger partial charge in [-0.3, -0.25) is 4.79 Å². The smallest absolute Gasteiger partial charge is 0.258 e. The van der Waals surface area contributed by atoms with Gasteiger partial charge in [-0.15, -0.1) is 12.4 Å². The molecule has 7 heteroatoms. The molecule has 0 unspecified atom stereocenters. The van der Waals surface area contributed by atoms with E-state index in [1.807, 2.05) is 13.8 Å². The zero-order valence-electron chi connectivity index (χ0n) is 10.7. The lowest BCUT2D eigenvalue weighted by Crippen LogP contribution is -2.50. The van der Waals surface area contributed by atoms with Gasteiger partial charge in [0.15, 0.2) is 6.61 Å². The number of carbonyl (C=O) groups is 1. The molecule has 4 nitrogen and oxygen atoms in total. The van der Waals surface area contributed by atoms with Crippen molar-refractivity contribution < 1.29 is 9.53 Å². The molecule has 0 radical (unpaired) electrons. The van der Waals surface area contributed by atoms with Crippen molar-refractivity contribution in [2.75, 3.05) is 13.2 Å². The Labute approximate surface area is 129 Å². The van der Waals surface area contributed by atoms with Crippen molar-refractivity contribution in [3.8, 4) is 5.75 Å². The van der Waals surface area contributed by atoms with Crippen molar-refractivity contribution in [3.05, 3.63) is 28.2 Å². The van der Waals surface area contributed by atoms with Crippen LogP contribution in [0.1, 0.15) is 13.8 Å². The molecule has 0 heterocycles. The van der Waals surface area contributed by atoms with Crippen LogP contribution in [0.5, 0.6) is 5.75 Å². The summed E-state index contributed by atoms with van der Waals surface area (Å²) in [7, 11) is 0. The summed E-state index contributed by atoms with van der Waals surface area (Å²) in [4.78, 5) is 11.6. The minimum Gasteiger partial charge on any atom is -0.484 e. The van der Waals surface area contributed by atoms with Crippen LogP contribution in [-0.2, 0) is 4.79 Å². The minimum atomic E-state index is -0.452. The monoisotopic (exact) mass is 326 g/mol. The molecule has 0 spiro atoms. The highest BCUT2D eigenvalue weighted by atomic mass is 35.5. The average Bonchev–Trinajstić information content (AvgIpc) is 2.24. The number of ether oxygens (including phenoxy) is 1. The maximum atomic E-state index is 11.6. The van der Waals surface area contributed by atoms with Crippen molar-refractivity contribution >= 4 is 41.5 Å². The number of hydrogen-bond acceptors (Lipinski definition) is 3. The molecule has 0 aliphatic heterocycles. The van der Waals surface area contributed by atoms with Gasteiger partial charge in [0.25, 0.3) is 5.91 Å². The molecule has 0 aliphatic carbocycles. The fraction of sp³-hybridized carbons (Fsp3) is 0.417. The van der Waals surface area contributed by atoms with Crippen molar-refractivity contribution in [1.29, 1.82) is 0 Å². The summed E-state index contributed by atoms with van der Waals surface area (Å²) < 4.78 is 5.30. The van der Waals surface area contributed by atoms with Crippen LogP contribution in [0.4, 0.5) is 0 Å². The maximum Gasteiger partial charge on any atom is 0.258 e. The topological polar surface area (TPSA) is 64.3 Å². The SMILES string of the molecule is CC(C)(CN)NC(=O)COc1cc(Cl)cc(Cl)c1.Cl. The third-order valence-electron chi connectivity index (χ3n) is 2.19. The largest absolute Gasteiger partial charge is 0.484 e. The lowest BCUT2D eigenvalue weighted by atomic mass is 10.1. The van der Waals surface area contributed by atoms with Gasteiger partial charge in [0.2, 0.25) is 0 Å². The zero-order valence-corrected chi connectivity index (χ0v) is 13.0. The van der Waals surface area contributed by atoms with E-state index in [9.17, 15) is 4.79 Å². The Morgan fingerprint density at radius 2 is 1.84 bits per heavy atom. The van der Waals surface area contributed by atoms with Gasteiger partial charge in [-0.1, -0.05) is 23.2 Å². The van der Waals surface area contributed by atoms with E-state index in [0.717, 1.165) is 0 Å². The van der Waals surface area contributed by atoms with Gasteiger partial charge in [-0.2, -0.15) is 0 Å². The van der Waals surface area contributed by atoms with E-state index in [0.29, 0.717) is 22.3 Å². The normalized spacial score (nSPS) is 10.6. The standard InChI is InChI=1S/C12H16Cl2N2O2.ClH/c1-12(2,7-15)16-11(17)6-18-10-4-8(13)3-9(14)5-10;/h3-5H,6-7,15H2,1-2H3,(H,16,17);1H. The Hall–Kier alpha value is -0.680. The molecule has 0 atom stereocenters. The molecule has 0 aromatic heterocycles. The van der Waals surface area contributed by atoms with E-state index in [1.165, 1.54) is 0 Å². The summed E-state index contributed by atoms with van der Waals surface area (Å²) >= 11 is 11.6. The first-order valence-electron chi connectivity index (χ1n) is 5.42. The van der Waals surface area contributed by atoms with Crippen LogP contribution in [0.3, 0.4) is 0 Å². The number of rotatable bonds is 5. The summed E-state index contributed by atoms with van der Waals surface area (Å²) in [6, 6.07) is 4.77. The predicted octanol–water partition coefficient (Wildman–Crippen LogP) is 2.65. The Morgan fingerprint density at radius 3 is 2.32 bits per heavy atom. The van der Waals surface area contributed by atoms with Gasteiger partial charge in [0.1, 0.15) is 5.75 Å². The van der Waals surface area contributed by atoms with Gasteiger partial charge < -0.3 is 15.8 Å². The number of amides is 1. The second-order valence-corrected chi connectivity index (χ2v) is 5.40. The first-order chi connectivity index (χ1) is 8.32. The first kappa shape index (κ1) is 18.3. The first-order valence-corrected chi connectivity index (χ1v) is 6.18. The highest BCUT2D eigenvalue weighted by Crippen LogP contribution is 2.24. The third kappa shape index (κ3) is 6.87. The lowest BCUT2D eigenvalue weighted by Gasteiger charge is -2.24. The average molecular weight is 328 g/mol. The van der Waals surface area contributed by atoms with Crippen molar-refractivity contribution in [2.24, 2.45) is 5.73 Å². The van der Waals surface area contributed by atoms with E-state index in [-0.39, 0.29) is 24.9 Å². The molecule has 1 rings (SSSR count). The van der Waals surface area contributed by atoms with Crippen LogP contribution in [0.15, 0.2) is 18.2 Å². The van der Waals surface area contributed by atoms with Crippen molar-refractivity contribution in [2.45, 2.75) is 19.4 Å². The van der Waals surface area contributed by atoms with Crippen LogP contribution in [0.25, 0.3) is 0 Å². The van der Waals surface area contributed by atoms with Crippen molar-refractivity contribution in [1.82, 2.24) is 5.32 Å². The summed E-state index contributed by atoms with van der Waals surface area (Å²) in [6.45, 7) is 3.91. The Bertz CT molecular complexity index is 419. The fourth-order valence-corrected chi connectivity index (χ4v) is 1.73. The van der Waals surface area contributed by atoms with Gasteiger partial charge in [-0.05, 0) is 32.0 Å². The summed E-state index contributed by atoms with van der Waals surface area (Å²) in [5.74, 6) is 0.203. The van der Waals surface area contributed by atoms with Gasteiger partial charge in [-0.25, -0.2) is 0 Å². The second-order valence-electron chi connectivity index (χ2n) is 4.53. The molecular weight excluding hydrogens is 311 g/mol. The lowest BCUT2D eigenvalue weighted by molar-refractivity contribution is -0.124. The molecular formula is C12H17Cl3N2O2. The molecule has 1 aromatic rings. The molecule has 0 bridgehead atoms. The van der Waals surface area contributed by atoms with Gasteiger partial charge >= 0.3 is 0 Å². The second kappa shape index (κ2) is 7.80. The quantitative estimate of drug-likeness (QED) is 0.874. The van der Waals surface area contributed by atoms with E-state index in [1.54, 1.807) is 18.2 Å². The van der Waals surface area contributed by atoms with Crippen LogP contribution < -0.4 is 15.8 Å². The van der Waals surface area contributed by atoms with Crippen molar-refractivity contribution in [3.63, 3.8) is 0 Å². The molecule has 1 aromatic carbocycles. The molecule has 0 saturated heterocycles. The Balaban J connectivity index is 0.00000324. The van der Waals surface area contributed by atoms with E-state index >= 15 is 0 Å². The van der Waals surface area contributed by atoms with Crippen LogP contribution in [0.2, 0.25) is 10.0 Å². The number of halogens is 3. The van der Waals surface area contributed by atoms with E-state index < -0.39 is 5.54 Å². The zero-order chi connectivity index (χ0) is 13.8. The van der Waals surface area contributed by atoms with E-state index in [4.69, 9.17) is 33.7 Å². The summed E-state index contributed by atoms with van der Waals surface area (Å²) in [6.07, 6.45) is 0. The molecule has 0 saturated carbocycles. The van der Waals surface area contributed by atoms with E-state index in [2.05, 4.69) is 5.32 Å². The van der Waals surface area contributed by atoms with Crippen LogP contribution in [-0.4, -0.2) is 24.6 Å². The molecule has 0 aliphatic rings. The maximum absolute atomic E-state index is 11.6. The minimum absolute atomic E-state index is 0. The number of nitrogens with one attached hydrogen (secondary N) is 1. The predicted molar refractivity (Wildman–Crippen MR) is 80.5 cm³/mol. The summed E-state index contributed by atoms with van der Waals surface area (Å²) in [5, 5.41) is 3.67. The molecule has 19 heavy (non-hydrogen) atoms. The third-order valence-corrected chi connectivity index (χ3v) is 2.63. The Kier molecular flexibility index (Phi) is 7.52. The fourth-order valence-electron chi connectivity index (χ4n) is 1.23. The number of benzene rings is 1. The number of hydrogen-bond donors (Lipinski definition) is 2. The molecule has 0 fully saturated rings. The number of carbonyl (C=O) groups excluding carboxylic acids is 1. The molecule has 3 N–H and O–H groups in total. The Morgan fingerprint density at radius 1 is 1.32 bits per heavy atom. The molecule has 108 valence electrons. The van der Waals surface area contributed by atoms with Gasteiger partial charge in [0.05, 0.1) is 0 Å². The number of nitrogens with two attached hydrogens (primary N) is 1. The molecule has 1 amide bonds. The highest BCUT2D eigenvalue weighted by molar-refractivity contribution is 6.34. The highest BCUT2D eigenvalue weighted by Gasteiger charge is 2.18. The van der Waals surface area contributed by atoms with Crippen LogP contribution >= 0.6 is 35.6 Å². The summed E-state index contributed by atoms with van der Waals surface area (Å²) in [5.41, 5.74) is 5.06.